The van der Waals surface area contributed by atoms with Gasteiger partial charge in [0.15, 0.2) is 11.5 Å². The van der Waals surface area contributed by atoms with Crippen molar-refractivity contribution in [3.8, 4) is 11.5 Å². The van der Waals surface area contributed by atoms with Gasteiger partial charge >= 0.3 is 0 Å². The molecule has 0 atom stereocenters. The molecular formula is C19H22N2O5S. The van der Waals surface area contributed by atoms with E-state index in [9.17, 15) is 13.2 Å². The maximum absolute atomic E-state index is 12.6. The lowest BCUT2D eigenvalue weighted by molar-refractivity contribution is -0.114. The second-order valence-corrected chi connectivity index (χ2v) is 8.19. The van der Waals surface area contributed by atoms with Gasteiger partial charge in [-0.25, -0.2) is 8.42 Å². The largest absolute Gasteiger partial charge is 0.454 e. The smallest absolute Gasteiger partial charge is 0.245 e. The van der Waals surface area contributed by atoms with Crippen molar-refractivity contribution in [3.05, 3.63) is 48.0 Å². The van der Waals surface area contributed by atoms with Gasteiger partial charge in [-0.05, 0) is 37.1 Å². The van der Waals surface area contributed by atoms with Gasteiger partial charge in [-0.3, -0.25) is 9.10 Å². The lowest BCUT2D eigenvalue weighted by Gasteiger charge is -2.23. The summed E-state index contributed by atoms with van der Waals surface area (Å²) in [5.41, 5.74) is 2.03. The molecule has 27 heavy (non-hydrogen) atoms. The molecule has 1 N–H and O–H groups in total. The van der Waals surface area contributed by atoms with Gasteiger partial charge in [0.1, 0.15) is 6.54 Å². The lowest BCUT2D eigenvalue weighted by Crippen LogP contribution is -2.39. The number of carbonyl (C=O) groups excluding carboxylic acids is 1. The molecule has 2 aromatic carbocycles. The predicted octanol–water partition coefficient (Wildman–Crippen LogP) is 2.77. The van der Waals surface area contributed by atoms with Crippen molar-refractivity contribution in [3.63, 3.8) is 0 Å². The van der Waals surface area contributed by atoms with Crippen LogP contribution in [0, 0.1) is 0 Å². The highest BCUT2D eigenvalue weighted by molar-refractivity contribution is 7.92. The zero-order valence-corrected chi connectivity index (χ0v) is 16.1. The quantitative estimate of drug-likeness (QED) is 0.786. The average molecular weight is 390 g/mol. The number of amides is 1. The molecule has 144 valence electrons. The van der Waals surface area contributed by atoms with Gasteiger partial charge in [-0.1, -0.05) is 25.1 Å². The van der Waals surface area contributed by atoms with E-state index in [0.717, 1.165) is 16.3 Å². The normalized spacial score (nSPS) is 12.7. The molecule has 0 fully saturated rings. The molecule has 1 heterocycles. The number of rotatable bonds is 7. The van der Waals surface area contributed by atoms with E-state index in [4.69, 9.17) is 9.47 Å². The Balaban J connectivity index is 1.85. The number of anilines is 2. The molecule has 8 heteroatoms. The molecule has 1 aliphatic heterocycles. The van der Waals surface area contributed by atoms with Crippen molar-refractivity contribution < 1.29 is 22.7 Å². The van der Waals surface area contributed by atoms with Crippen LogP contribution < -0.4 is 19.1 Å². The standard InChI is InChI=1S/C19H22N2O5S/c1-3-14-7-5-6-8-16(14)20-19(22)12-21(27(23,24)4-2)15-9-10-17-18(11-15)26-13-25-17/h5-11H,3-4,12-13H2,1-2H3,(H,20,22). The number of carbonyl (C=O) groups is 1. The Morgan fingerprint density at radius 1 is 1.11 bits per heavy atom. The number of hydrogen-bond donors (Lipinski definition) is 1. The fraction of sp³-hybridized carbons (Fsp3) is 0.316. The zero-order valence-electron chi connectivity index (χ0n) is 15.3. The van der Waals surface area contributed by atoms with E-state index in [1.165, 1.54) is 0 Å². The molecule has 7 nitrogen and oxygen atoms in total. The van der Waals surface area contributed by atoms with Crippen molar-refractivity contribution in [1.29, 1.82) is 0 Å². The Labute approximate surface area is 158 Å². The van der Waals surface area contributed by atoms with Crippen LogP contribution in [0.3, 0.4) is 0 Å². The topological polar surface area (TPSA) is 84.9 Å². The Morgan fingerprint density at radius 2 is 1.85 bits per heavy atom. The van der Waals surface area contributed by atoms with Gasteiger partial charge in [0.2, 0.25) is 22.7 Å². The third kappa shape index (κ3) is 4.16. The third-order valence-corrected chi connectivity index (χ3v) is 6.05. The number of ether oxygens (including phenoxy) is 2. The summed E-state index contributed by atoms with van der Waals surface area (Å²) in [6, 6.07) is 12.3. The first-order valence-corrected chi connectivity index (χ1v) is 10.3. The molecule has 1 aliphatic rings. The molecule has 0 saturated heterocycles. The van der Waals surface area contributed by atoms with Crippen molar-refractivity contribution >= 4 is 27.3 Å². The second kappa shape index (κ2) is 7.87. The van der Waals surface area contributed by atoms with Gasteiger partial charge in [0, 0.05) is 11.8 Å². The van der Waals surface area contributed by atoms with Crippen molar-refractivity contribution in [1.82, 2.24) is 0 Å². The van der Waals surface area contributed by atoms with Crippen LogP contribution in [-0.4, -0.2) is 33.4 Å². The van der Waals surface area contributed by atoms with Crippen LogP contribution in [-0.2, 0) is 21.2 Å². The van der Waals surface area contributed by atoms with E-state index < -0.39 is 15.9 Å². The number of benzene rings is 2. The third-order valence-electron chi connectivity index (χ3n) is 4.30. The molecule has 1 amide bonds. The fourth-order valence-corrected chi connectivity index (χ4v) is 3.88. The van der Waals surface area contributed by atoms with E-state index in [-0.39, 0.29) is 19.1 Å². The van der Waals surface area contributed by atoms with Crippen LogP contribution in [0.4, 0.5) is 11.4 Å². The summed E-state index contributed by atoms with van der Waals surface area (Å²) >= 11 is 0. The monoisotopic (exact) mass is 390 g/mol. The van der Waals surface area contributed by atoms with Crippen LogP contribution in [0.25, 0.3) is 0 Å². The van der Waals surface area contributed by atoms with E-state index in [1.54, 1.807) is 31.2 Å². The minimum atomic E-state index is -3.66. The van der Waals surface area contributed by atoms with Crippen molar-refractivity contribution in [2.45, 2.75) is 20.3 Å². The maximum atomic E-state index is 12.6. The summed E-state index contributed by atoms with van der Waals surface area (Å²) in [5, 5.41) is 2.81. The summed E-state index contributed by atoms with van der Waals surface area (Å²) in [4.78, 5) is 12.6. The first-order chi connectivity index (χ1) is 12.9. The van der Waals surface area contributed by atoms with Gasteiger partial charge in [0.25, 0.3) is 0 Å². The highest BCUT2D eigenvalue weighted by atomic mass is 32.2. The average Bonchev–Trinajstić information content (AvgIpc) is 3.14. The summed E-state index contributed by atoms with van der Waals surface area (Å²) in [6.45, 7) is 3.30. The number of aryl methyl sites for hydroxylation is 1. The molecule has 3 rings (SSSR count). The number of fused-ring (bicyclic) bond motifs is 1. The highest BCUT2D eigenvalue weighted by Crippen LogP contribution is 2.36. The van der Waals surface area contributed by atoms with Crippen molar-refractivity contribution in [2.75, 3.05) is 28.7 Å². The molecule has 0 radical (unpaired) electrons. The summed E-state index contributed by atoms with van der Waals surface area (Å²) in [6.07, 6.45) is 0.760. The fourth-order valence-electron chi connectivity index (χ4n) is 2.82. The van der Waals surface area contributed by atoms with Gasteiger partial charge in [0.05, 0.1) is 11.4 Å². The van der Waals surface area contributed by atoms with Crippen LogP contribution in [0.15, 0.2) is 42.5 Å². The first-order valence-electron chi connectivity index (χ1n) is 8.72. The zero-order chi connectivity index (χ0) is 19.4. The minimum Gasteiger partial charge on any atom is -0.454 e. The number of hydrogen-bond acceptors (Lipinski definition) is 5. The number of nitrogens with one attached hydrogen (secondary N) is 1. The Morgan fingerprint density at radius 3 is 2.59 bits per heavy atom. The van der Waals surface area contributed by atoms with Gasteiger partial charge < -0.3 is 14.8 Å². The van der Waals surface area contributed by atoms with Crippen molar-refractivity contribution in [2.24, 2.45) is 0 Å². The van der Waals surface area contributed by atoms with Crippen LogP contribution in [0.5, 0.6) is 11.5 Å². The summed E-state index contributed by atoms with van der Waals surface area (Å²) < 4.78 is 36.8. The van der Waals surface area contributed by atoms with E-state index in [0.29, 0.717) is 22.9 Å². The summed E-state index contributed by atoms with van der Waals surface area (Å²) in [5.74, 6) is 0.473. The van der Waals surface area contributed by atoms with Crippen LogP contribution >= 0.6 is 0 Å². The Kier molecular flexibility index (Phi) is 5.55. The molecule has 0 saturated carbocycles. The van der Waals surface area contributed by atoms with E-state index >= 15 is 0 Å². The number of sulfonamides is 1. The highest BCUT2D eigenvalue weighted by Gasteiger charge is 2.26. The molecular weight excluding hydrogens is 368 g/mol. The number of para-hydroxylation sites is 1. The minimum absolute atomic E-state index is 0.0909. The Bertz CT molecular complexity index is 943. The summed E-state index contributed by atoms with van der Waals surface area (Å²) in [7, 11) is -3.66. The SMILES string of the molecule is CCc1ccccc1NC(=O)CN(c1ccc2c(c1)OCO2)S(=O)(=O)CC. The van der Waals surface area contributed by atoms with E-state index in [2.05, 4.69) is 5.32 Å². The molecule has 2 aromatic rings. The molecule has 0 bridgehead atoms. The molecule has 0 spiro atoms. The molecule has 0 aromatic heterocycles. The first kappa shape index (κ1) is 19.0. The van der Waals surface area contributed by atoms with Crippen LogP contribution in [0.1, 0.15) is 19.4 Å². The van der Waals surface area contributed by atoms with Gasteiger partial charge in [-0.2, -0.15) is 0 Å². The molecule has 0 aliphatic carbocycles. The number of nitrogens with zero attached hydrogens (tertiary/aromatic N) is 1. The van der Waals surface area contributed by atoms with Crippen LogP contribution in [0.2, 0.25) is 0 Å². The lowest BCUT2D eigenvalue weighted by atomic mass is 10.1. The second-order valence-electron chi connectivity index (χ2n) is 6.00. The van der Waals surface area contributed by atoms with Gasteiger partial charge in [-0.15, -0.1) is 0 Å². The predicted molar refractivity (Wildman–Crippen MR) is 104 cm³/mol. The molecule has 0 unspecified atom stereocenters. The van der Waals surface area contributed by atoms with E-state index in [1.807, 2.05) is 25.1 Å². The maximum Gasteiger partial charge on any atom is 0.245 e. The Hall–Kier alpha value is -2.74.